The molecule has 0 bridgehead atoms. The molecule has 0 aliphatic carbocycles. The summed E-state index contributed by atoms with van der Waals surface area (Å²) in [6.07, 6.45) is 2.81. The molecule has 1 aromatic carbocycles. The lowest BCUT2D eigenvalue weighted by atomic mass is 10.0. The summed E-state index contributed by atoms with van der Waals surface area (Å²) in [5, 5.41) is 3.99. The van der Waals surface area contributed by atoms with Crippen LogP contribution in [0.3, 0.4) is 0 Å². The zero-order valence-electron chi connectivity index (χ0n) is 16.2. The van der Waals surface area contributed by atoms with E-state index in [0.29, 0.717) is 40.6 Å². The maximum absolute atomic E-state index is 12.5. The maximum Gasteiger partial charge on any atom is 0.328 e. The summed E-state index contributed by atoms with van der Waals surface area (Å²) >= 11 is 12.2. The van der Waals surface area contributed by atoms with Gasteiger partial charge in [-0.2, -0.15) is 0 Å². The van der Waals surface area contributed by atoms with Crippen molar-refractivity contribution in [2.45, 2.75) is 26.8 Å². The molecular weight excluding hydrogens is 399 g/mol. The van der Waals surface area contributed by atoms with Crippen LogP contribution < -0.4 is 15.9 Å². The number of amides is 1. The molecule has 6 nitrogen and oxygen atoms in total. The smallest absolute Gasteiger partial charge is 0.328 e. The molecule has 1 aromatic heterocycles. The minimum Gasteiger partial charge on any atom is -0.355 e. The van der Waals surface area contributed by atoms with Crippen molar-refractivity contribution in [2.24, 2.45) is 5.92 Å². The van der Waals surface area contributed by atoms with Gasteiger partial charge >= 0.3 is 5.69 Å². The van der Waals surface area contributed by atoms with Crippen molar-refractivity contribution in [3.63, 3.8) is 0 Å². The minimum atomic E-state index is -0.308. The Morgan fingerprint density at radius 2 is 1.93 bits per heavy atom. The van der Waals surface area contributed by atoms with Crippen molar-refractivity contribution in [3.8, 4) is 0 Å². The van der Waals surface area contributed by atoms with Crippen LogP contribution in [-0.2, 0) is 11.3 Å². The molecule has 150 valence electrons. The van der Waals surface area contributed by atoms with Gasteiger partial charge in [0.1, 0.15) is 12.4 Å². The van der Waals surface area contributed by atoms with Gasteiger partial charge in [0.25, 0.3) is 0 Å². The molecule has 0 unspecified atom stereocenters. The Morgan fingerprint density at radius 3 is 2.57 bits per heavy atom. The number of likely N-dealkylation sites (N-methyl/N-ethyl adjacent to an activating group) is 1. The van der Waals surface area contributed by atoms with Gasteiger partial charge in [-0.25, -0.2) is 4.79 Å². The SMILES string of the molecule is CC(C)CCNC(=O)Cn1c2c([nH]c1=O)C=C(c1cc(Cl)cc(Cl)c1)CN2C. The Kier molecular flexibility index (Phi) is 6.20. The van der Waals surface area contributed by atoms with Crippen LogP contribution in [0.2, 0.25) is 10.0 Å². The molecule has 1 amide bonds. The number of nitrogens with zero attached hydrogens (tertiary/aromatic N) is 2. The van der Waals surface area contributed by atoms with Gasteiger partial charge in [0.05, 0.1) is 5.69 Å². The lowest BCUT2D eigenvalue weighted by molar-refractivity contribution is -0.121. The number of aromatic nitrogens is 2. The number of carbonyl (C=O) groups excluding carboxylic acids is 1. The lowest BCUT2D eigenvalue weighted by Crippen LogP contribution is -2.35. The number of anilines is 1. The molecular formula is C20H24Cl2N4O2. The van der Waals surface area contributed by atoms with E-state index in [9.17, 15) is 9.59 Å². The first-order chi connectivity index (χ1) is 13.2. The van der Waals surface area contributed by atoms with Crippen LogP contribution in [0.1, 0.15) is 31.5 Å². The number of halogens is 2. The van der Waals surface area contributed by atoms with Gasteiger partial charge < -0.3 is 15.2 Å². The average molecular weight is 423 g/mol. The topological polar surface area (TPSA) is 70.1 Å². The Labute approximate surface area is 174 Å². The molecule has 0 saturated carbocycles. The number of hydrogen-bond acceptors (Lipinski definition) is 3. The highest BCUT2D eigenvalue weighted by Gasteiger charge is 2.24. The van der Waals surface area contributed by atoms with Crippen LogP contribution in [0, 0.1) is 5.92 Å². The number of hydrogen-bond donors (Lipinski definition) is 2. The molecule has 8 heteroatoms. The highest BCUT2D eigenvalue weighted by molar-refractivity contribution is 6.35. The second kappa shape index (κ2) is 8.45. The van der Waals surface area contributed by atoms with E-state index in [1.165, 1.54) is 4.57 Å². The van der Waals surface area contributed by atoms with Crippen molar-refractivity contribution >= 4 is 46.6 Å². The summed E-state index contributed by atoms with van der Waals surface area (Å²) < 4.78 is 1.47. The number of rotatable bonds is 6. The Balaban J connectivity index is 1.86. The van der Waals surface area contributed by atoms with Crippen LogP contribution >= 0.6 is 23.2 Å². The zero-order valence-corrected chi connectivity index (χ0v) is 17.7. The molecule has 2 N–H and O–H groups in total. The van der Waals surface area contributed by atoms with E-state index in [1.54, 1.807) is 6.07 Å². The summed E-state index contributed by atoms with van der Waals surface area (Å²) in [5.41, 5.74) is 2.24. The van der Waals surface area contributed by atoms with E-state index in [2.05, 4.69) is 24.1 Å². The molecule has 0 fully saturated rings. The van der Waals surface area contributed by atoms with Crippen LogP contribution in [0.15, 0.2) is 23.0 Å². The predicted molar refractivity (Wildman–Crippen MR) is 115 cm³/mol. The summed E-state index contributed by atoms with van der Waals surface area (Å²) in [6.45, 7) is 5.36. The van der Waals surface area contributed by atoms with E-state index in [4.69, 9.17) is 23.2 Å². The molecule has 0 spiro atoms. The zero-order chi connectivity index (χ0) is 20.4. The maximum atomic E-state index is 12.5. The molecule has 0 atom stereocenters. The molecule has 3 rings (SSSR count). The van der Waals surface area contributed by atoms with Gasteiger partial charge in [-0.15, -0.1) is 0 Å². The predicted octanol–water partition coefficient (Wildman–Crippen LogP) is 3.64. The van der Waals surface area contributed by atoms with E-state index >= 15 is 0 Å². The van der Waals surface area contributed by atoms with Crippen molar-refractivity contribution in [2.75, 3.05) is 25.0 Å². The molecule has 0 radical (unpaired) electrons. The number of carbonyl (C=O) groups is 1. The van der Waals surface area contributed by atoms with Gasteiger partial charge in [0.2, 0.25) is 5.91 Å². The Morgan fingerprint density at radius 1 is 1.25 bits per heavy atom. The molecule has 1 aliphatic heterocycles. The summed E-state index contributed by atoms with van der Waals surface area (Å²) in [6, 6.07) is 5.37. The fraction of sp³-hybridized carbons (Fsp3) is 0.400. The van der Waals surface area contributed by atoms with E-state index in [1.807, 2.05) is 30.2 Å². The largest absolute Gasteiger partial charge is 0.355 e. The molecule has 28 heavy (non-hydrogen) atoms. The molecule has 2 aromatic rings. The van der Waals surface area contributed by atoms with Crippen LogP contribution in [-0.4, -0.2) is 35.6 Å². The quantitative estimate of drug-likeness (QED) is 0.746. The van der Waals surface area contributed by atoms with Gasteiger partial charge in [-0.3, -0.25) is 9.36 Å². The fourth-order valence-corrected chi connectivity index (χ4v) is 3.83. The monoisotopic (exact) mass is 422 g/mol. The molecule has 2 heterocycles. The first-order valence-corrected chi connectivity index (χ1v) is 9.98. The molecule has 0 saturated heterocycles. The van der Waals surface area contributed by atoms with Gasteiger partial charge in [-0.05, 0) is 47.8 Å². The number of fused-ring (bicyclic) bond motifs is 1. The molecule has 1 aliphatic rings. The first-order valence-electron chi connectivity index (χ1n) is 9.22. The van der Waals surface area contributed by atoms with Gasteiger partial charge in [0, 0.05) is 30.2 Å². The van der Waals surface area contributed by atoms with Crippen LogP contribution in [0.5, 0.6) is 0 Å². The average Bonchev–Trinajstić information content (AvgIpc) is 2.89. The van der Waals surface area contributed by atoms with Crippen molar-refractivity contribution in [1.82, 2.24) is 14.9 Å². The third-order valence-electron chi connectivity index (χ3n) is 4.65. The van der Waals surface area contributed by atoms with E-state index in [-0.39, 0.29) is 18.1 Å². The standard InChI is InChI=1S/C20H24Cl2N4O2/c1-12(2)4-5-23-18(27)11-26-19-17(24-20(26)28)8-14(10-25(19)3)13-6-15(21)9-16(22)7-13/h6-9,12H,4-5,10-11H2,1-3H3,(H,23,27)(H,24,28). The normalized spacial score (nSPS) is 13.5. The highest BCUT2D eigenvalue weighted by Crippen LogP contribution is 2.32. The summed E-state index contributed by atoms with van der Waals surface area (Å²) in [7, 11) is 1.89. The fourth-order valence-electron chi connectivity index (χ4n) is 3.30. The Hall–Kier alpha value is -2.18. The van der Waals surface area contributed by atoms with E-state index in [0.717, 1.165) is 17.6 Å². The Bertz CT molecular complexity index is 955. The third kappa shape index (κ3) is 4.62. The van der Waals surface area contributed by atoms with Gasteiger partial charge in [-0.1, -0.05) is 37.0 Å². The number of H-pyrrole nitrogens is 1. The lowest BCUT2D eigenvalue weighted by Gasteiger charge is -2.27. The minimum absolute atomic E-state index is 0.0146. The van der Waals surface area contributed by atoms with Crippen molar-refractivity contribution in [1.29, 1.82) is 0 Å². The third-order valence-corrected chi connectivity index (χ3v) is 5.09. The van der Waals surface area contributed by atoms with Crippen LogP contribution in [0.4, 0.5) is 5.82 Å². The van der Waals surface area contributed by atoms with Crippen LogP contribution in [0.25, 0.3) is 11.6 Å². The van der Waals surface area contributed by atoms with Gasteiger partial charge in [0.15, 0.2) is 0 Å². The number of benzene rings is 1. The number of aromatic amines is 1. The second-order valence-electron chi connectivity index (χ2n) is 7.47. The number of nitrogens with one attached hydrogen (secondary N) is 2. The highest BCUT2D eigenvalue weighted by atomic mass is 35.5. The van der Waals surface area contributed by atoms with E-state index < -0.39 is 0 Å². The summed E-state index contributed by atoms with van der Waals surface area (Å²) in [5.74, 6) is 1.04. The first kappa shape index (κ1) is 20.6. The number of imidazole rings is 1. The van der Waals surface area contributed by atoms with Crippen molar-refractivity contribution < 1.29 is 4.79 Å². The second-order valence-corrected chi connectivity index (χ2v) is 8.34. The summed E-state index contributed by atoms with van der Waals surface area (Å²) in [4.78, 5) is 29.5. The van der Waals surface area contributed by atoms with Crippen molar-refractivity contribution in [3.05, 3.63) is 50.0 Å².